The van der Waals surface area contributed by atoms with Crippen molar-refractivity contribution in [3.63, 3.8) is 0 Å². The molecule has 0 fully saturated rings. The monoisotopic (exact) mass is 556 g/mol. The van der Waals surface area contributed by atoms with E-state index in [1.165, 1.54) is 11.1 Å². The Balaban J connectivity index is 1.41. The van der Waals surface area contributed by atoms with Gasteiger partial charge in [-0.3, -0.25) is 9.78 Å². The van der Waals surface area contributed by atoms with Crippen LogP contribution in [0.1, 0.15) is 87.9 Å². The molecule has 0 saturated heterocycles. The number of hydrogen-bond donors (Lipinski definition) is 2. The van der Waals surface area contributed by atoms with Crippen LogP contribution in [-0.4, -0.2) is 29.2 Å². The molecule has 220 valence electrons. The van der Waals surface area contributed by atoms with Crippen LogP contribution in [0.4, 0.5) is 5.69 Å². The highest BCUT2D eigenvalue weighted by molar-refractivity contribution is 5.74. The van der Waals surface area contributed by atoms with Crippen LogP contribution in [0.5, 0.6) is 0 Å². The van der Waals surface area contributed by atoms with E-state index in [9.17, 15) is 9.90 Å². The highest BCUT2D eigenvalue weighted by Gasteiger charge is 2.34. The standard InChI is InChI=1S/C36H48N2O3/c1-5-36(6-2,35(39)40)22-23-37-33-14-9-12-30(26-33)20-21-32-13-10-15-34(38-32)27-41-24-8-7-11-29-16-18-31(19-17-29)25-28(3)4/h9-10,12-21,26,28,37H,5-8,11,22-25,27H2,1-4H3,(H,39,40). The highest BCUT2D eigenvalue weighted by atomic mass is 16.5. The van der Waals surface area contributed by atoms with Crippen molar-refractivity contribution in [1.29, 1.82) is 0 Å². The summed E-state index contributed by atoms with van der Waals surface area (Å²) in [4.78, 5) is 16.5. The molecule has 0 saturated carbocycles. The van der Waals surface area contributed by atoms with Gasteiger partial charge in [0.15, 0.2) is 0 Å². The first-order chi connectivity index (χ1) is 19.8. The van der Waals surface area contributed by atoms with Gasteiger partial charge in [0.05, 0.1) is 23.4 Å². The van der Waals surface area contributed by atoms with Gasteiger partial charge in [-0.15, -0.1) is 0 Å². The number of anilines is 1. The number of pyridine rings is 1. The molecule has 41 heavy (non-hydrogen) atoms. The van der Waals surface area contributed by atoms with E-state index in [1.54, 1.807) is 0 Å². The number of ether oxygens (including phenoxy) is 1. The third-order valence-electron chi connectivity index (χ3n) is 7.82. The largest absolute Gasteiger partial charge is 0.481 e. The lowest BCUT2D eigenvalue weighted by molar-refractivity contribution is -0.149. The van der Waals surface area contributed by atoms with Gasteiger partial charge in [-0.2, -0.15) is 0 Å². The van der Waals surface area contributed by atoms with Crippen LogP contribution >= 0.6 is 0 Å². The van der Waals surface area contributed by atoms with Gasteiger partial charge in [0, 0.05) is 18.8 Å². The number of nitrogens with zero attached hydrogens (tertiary/aromatic N) is 1. The summed E-state index contributed by atoms with van der Waals surface area (Å²) in [6.07, 6.45) is 10.3. The van der Waals surface area contributed by atoms with E-state index in [1.807, 2.05) is 62.4 Å². The molecule has 2 N–H and O–H groups in total. The van der Waals surface area contributed by atoms with Gasteiger partial charge in [0.2, 0.25) is 0 Å². The number of aromatic nitrogens is 1. The first-order valence-corrected chi connectivity index (χ1v) is 15.2. The average molecular weight is 557 g/mol. The van der Waals surface area contributed by atoms with Gasteiger partial charge < -0.3 is 15.2 Å². The normalized spacial score (nSPS) is 11.8. The van der Waals surface area contributed by atoms with Crippen molar-refractivity contribution in [1.82, 2.24) is 4.98 Å². The molecule has 1 aromatic heterocycles. The van der Waals surface area contributed by atoms with Crippen molar-refractivity contribution in [2.45, 2.75) is 79.2 Å². The molecule has 1 heterocycles. The number of nitrogens with one attached hydrogen (secondary N) is 1. The van der Waals surface area contributed by atoms with E-state index < -0.39 is 11.4 Å². The van der Waals surface area contributed by atoms with Crippen LogP contribution in [0, 0.1) is 11.3 Å². The number of carboxylic acid groups (broad SMARTS) is 1. The molecule has 0 amide bonds. The summed E-state index contributed by atoms with van der Waals surface area (Å²) in [6, 6.07) is 23.2. The summed E-state index contributed by atoms with van der Waals surface area (Å²) in [5.74, 6) is -0.0181. The third kappa shape index (κ3) is 10.8. The molecule has 0 spiro atoms. The molecule has 5 nitrogen and oxygen atoms in total. The maximum Gasteiger partial charge on any atom is 0.309 e. The van der Waals surface area contributed by atoms with E-state index >= 15 is 0 Å². The predicted octanol–water partition coefficient (Wildman–Crippen LogP) is 8.68. The number of carbonyl (C=O) groups is 1. The van der Waals surface area contributed by atoms with Crippen molar-refractivity contribution in [2.75, 3.05) is 18.5 Å². The number of aryl methyl sites for hydroxylation is 1. The maximum atomic E-state index is 11.8. The molecule has 0 atom stereocenters. The second kappa shape index (κ2) is 16.7. The van der Waals surface area contributed by atoms with Gasteiger partial charge in [-0.1, -0.05) is 76.2 Å². The van der Waals surface area contributed by atoms with E-state index in [2.05, 4.69) is 49.5 Å². The van der Waals surface area contributed by atoms with Crippen LogP contribution < -0.4 is 5.32 Å². The zero-order chi connectivity index (χ0) is 29.5. The van der Waals surface area contributed by atoms with Crippen LogP contribution in [0.15, 0.2) is 66.7 Å². The minimum Gasteiger partial charge on any atom is -0.481 e. The molecule has 0 aliphatic heterocycles. The summed E-state index contributed by atoms with van der Waals surface area (Å²) >= 11 is 0. The van der Waals surface area contributed by atoms with Gasteiger partial charge in [0.25, 0.3) is 0 Å². The van der Waals surface area contributed by atoms with Crippen molar-refractivity contribution < 1.29 is 14.6 Å². The fourth-order valence-corrected chi connectivity index (χ4v) is 5.09. The second-order valence-electron chi connectivity index (χ2n) is 11.4. The number of carboxylic acids is 1. The Hall–Kier alpha value is -3.44. The lowest BCUT2D eigenvalue weighted by atomic mass is 9.79. The maximum absolute atomic E-state index is 11.8. The first kappa shape index (κ1) is 32.1. The molecule has 3 aromatic rings. The van der Waals surface area contributed by atoms with Gasteiger partial charge in [0.1, 0.15) is 0 Å². The summed E-state index contributed by atoms with van der Waals surface area (Å²) < 4.78 is 5.91. The van der Waals surface area contributed by atoms with Crippen LogP contribution in [-0.2, 0) is 29.0 Å². The van der Waals surface area contributed by atoms with Crippen LogP contribution in [0.25, 0.3) is 12.2 Å². The Labute approximate surface area is 247 Å². The van der Waals surface area contributed by atoms with Gasteiger partial charge >= 0.3 is 5.97 Å². The summed E-state index contributed by atoms with van der Waals surface area (Å²) in [6.45, 7) is 10.3. The fraction of sp³-hybridized carbons (Fsp3) is 0.444. The van der Waals surface area contributed by atoms with Crippen LogP contribution in [0.3, 0.4) is 0 Å². The Bertz CT molecular complexity index is 1230. The number of hydrogen-bond acceptors (Lipinski definition) is 4. The Morgan fingerprint density at radius 1 is 0.976 bits per heavy atom. The first-order valence-electron chi connectivity index (χ1n) is 15.2. The Morgan fingerprint density at radius 2 is 1.71 bits per heavy atom. The lowest BCUT2D eigenvalue weighted by Gasteiger charge is -2.26. The van der Waals surface area contributed by atoms with Gasteiger partial charge in [-0.05, 0) is 97.9 Å². The molecule has 0 unspecified atom stereocenters. The number of benzene rings is 2. The fourth-order valence-electron chi connectivity index (χ4n) is 5.09. The molecular weight excluding hydrogens is 508 g/mol. The van der Waals surface area contributed by atoms with E-state index in [-0.39, 0.29) is 0 Å². The van der Waals surface area contributed by atoms with Crippen molar-refractivity contribution >= 4 is 23.8 Å². The molecule has 0 aliphatic carbocycles. The van der Waals surface area contributed by atoms with Gasteiger partial charge in [-0.25, -0.2) is 0 Å². The molecule has 0 radical (unpaired) electrons. The summed E-state index contributed by atoms with van der Waals surface area (Å²) in [5.41, 5.74) is 6.01. The number of rotatable bonds is 18. The van der Waals surface area contributed by atoms with E-state index in [4.69, 9.17) is 9.72 Å². The van der Waals surface area contributed by atoms with Crippen molar-refractivity contribution in [2.24, 2.45) is 11.3 Å². The molecule has 0 aliphatic rings. The molecule has 0 bridgehead atoms. The van der Waals surface area contributed by atoms with E-state index in [0.717, 1.165) is 54.9 Å². The van der Waals surface area contributed by atoms with Crippen LogP contribution in [0.2, 0.25) is 0 Å². The zero-order valence-corrected chi connectivity index (χ0v) is 25.4. The Morgan fingerprint density at radius 3 is 2.41 bits per heavy atom. The lowest BCUT2D eigenvalue weighted by Crippen LogP contribution is -2.31. The molecular formula is C36H48N2O3. The molecule has 5 heteroatoms. The minimum atomic E-state index is -0.709. The average Bonchev–Trinajstić information content (AvgIpc) is 2.97. The topological polar surface area (TPSA) is 71.5 Å². The highest BCUT2D eigenvalue weighted by Crippen LogP contribution is 2.31. The number of aliphatic carboxylic acids is 1. The quantitative estimate of drug-likeness (QED) is 0.153. The Kier molecular flexibility index (Phi) is 13.1. The second-order valence-corrected chi connectivity index (χ2v) is 11.4. The number of unbranched alkanes of at least 4 members (excludes halogenated alkanes) is 1. The smallest absolute Gasteiger partial charge is 0.309 e. The van der Waals surface area contributed by atoms with Crippen molar-refractivity contribution in [3.05, 3.63) is 94.8 Å². The predicted molar refractivity (Wildman–Crippen MR) is 171 cm³/mol. The van der Waals surface area contributed by atoms with E-state index in [0.29, 0.717) is 38.3 Å². The summed E-state index contributed by atoms with van der Waals surface area (Å²) in [7, 11) is 0. The summed E-state index contributed by atoms with van der Waals surface area (Å²) in [5, 5.41) is 13.1. The third-order valence-corrected chi connectivity index (χ3v) is 7.82. The molecule has 3 rings (SSSR count). The minimum absolute atomic E-state index is 0.512. The zero-order valence-electron chi connectivity index (χ0n) is 25.4. The SMILES string of the molecule is CCC(CC)(CCNc1cccc(C=Cc2cccc(COCCCCc3ccc(CC(C)C)cc3)n2)c1)C(=O)O. The van der Waals surface area contributed by atoms with Crippen molar-refractivity contribution in [3.8, 4) is 0 Å². The molecule has 2 aromatic carbocycles.